The van der Waals surface area contributed by atoms with Gasteiger partial charge in [0, 0.05) is 13.2 Å². The summed E-state index contributed by atoms with van der Waals surface area (Å²) in [4.78, 5) is 0. The van der Waals surface area contributed by atoms with E-state index in [0.29, 0.717) is 0 Å². The standard InChI is InChI=1S/C13H26N2O/c1(9-16-11-13-2-3-13)6-15-10-12-4-7-14-8-5-12/h12-15H,1-11H2. The lowest BCUT2D eigenvalue weighted by Gasteiger charge is -2.22. The molecule has 0 unspecified atom stereocenters. The van der Waals surface area contributed by atoms with Crippen LogP contribution in [0.1, 0.15) is 32.1 Å². The summed E-state index contributed by atoms with van der Waals surface area (Å²) >= 11 is 0. The van der Waals surface area contributed by atoms with E-state index in [1.807, 2.05) is 0 Å². The maximum Gasteiger partial charge on any atom is 0.0494 e. The van der Waals surface area contributed by atoms with Crippen molar-refractivity contribution in [2.24, 2.45) is 11.8 Å². The van der Waals surface area contributed by atoms with E-state index >= 15 is 0 Å². The molecular formula is C13H26N2O. The van der Waals surface area contributed by atoms with Crippen LogP contribution in [0.25, 0.3) is 0 Å². The molecule has 94 valence electrons. The zero-order valence-electron chi connectivity index (χ0n) is 10.3. The topological polar surface area (TPSA) is 33.3 Å². The third kappa shape index (κ3) is 5.28. The van der Waals surface area contributed by atoms with Crippen LogP contribution in [0.4, 0.5) is 0 Å². The van der Waals surface area contributed by atoms with E-state index in [-0.39, 0.29) is 0 Å². The Balaban J connectivity index is 1.33. The maximum atomic E-state index is 5.60. The number of nitrogens with one attached hydrogen (secondary N) is 2. The lowest BCUT2D eigenvalue weighted by molar-refractivity contribution is 0.121. The number of piperidine rings is 1. The molecule has 1 aliphatic heterocycles. The van der Waals surface area contributed by atoms with Gasteiger partial charge in [0.25, 0.3) is 0 Å². The molecule has 0 spiro atoms. The van der Waals surface area contributed by atoms with Crippen LogP contribution in [0.15, 0.2) is 0 Å². The van der Waals surface area contributed by atoms with Gasteiger partial charge in [-0.2, -0.15) is 0 Å². The summed E-state index contributed by atoms with van der Waals surface area (Å²) in [5, 5.41) is 6.95. The zero-order chi connectivity index (χ0) is 11.1. The second-order valence-corrected chi connectivity index (χ2v) is 5.27. The van der Waals surface area contributed by atoms with Crippen LogP contribution < -0.4 is 10.6 Å². The van der Waals surface area contributed by atoms with Crippen molar-refractivity contribution in [2.45, 2.75) is 32.1 Å². The summed E-state index contributed by atoms with van der Waals surface area (Å²) in [6.45, 7) is 6.68. The fraction of sp³-hybridized carbons (Fsp3) is 1.00. The summed E-state index contributed by atoms with van der Waals surface area (Å²) in [6.07, 6.45) is 6.63. The first-order valence-electron chi connectivity index (χ1n) is 6.94. The Kier molecular flexibility index (Phi) is 5.59. The molecule has 2 aliphatic rings. The highest BCUT2D eigenvalue weighted by atomic mass is 16.5. The van der Waals surface area contributed by atoms with E-state index < -0.39 is 0 Å². The average Bonchev–Trinajstić information content (AvgIpc) is 3.13. The van der Waals surface area contributed by atoms with Gasteiger partial charge in [0.05, 0.1) is 0 Å². The smallest absolute Gasteiger partial charge is 0.0494 e. The normalized spacial score (nSPS) is 22.5. The molecule has 1 heterocycles. The largest absolute Gasteiger partial charge is 0.381 e. The molecule has 0 amide bonds. The third-order valence-corrected chi connectivity index (χ3v) is 3.58. The molecule has 2 N–H and O–H groups in total. The molecule has 0 aromatic rings. The molecular weight excluding hydrogens is 200 g/mol. The van der Waals surface area contributed by atoms with Crippen molar-refractivity contribution in [3.63, 3.8) is 0 Å². The van der Waals surface area contributed by atoms with Gasteiger partial charge in [0.2, 0.25) is 0 Å². The number of rotatable bonds is 8. The van der Waals surface area contributed by atoms with Gasteiger partial charge in [0.15, 0.2) is 0 Å². The Hall–Kier alpha value is -0.120. The SMILES string of the molecule is C(CNCC1CCNCC1)COCC1CC1. The van der Waals surface area contributed by atoms with E-state index in [1.54, 1.807) is 0 Å². The molecule has 0 aromatic heterocycles. The average molecular weight is 226 g/mol. The lowest BCUT2D eigenvalue weighted by atomic mass is 9.98. The molecule has 1 saturated carbocycles. The number of ether oxygens (including phenoxy) is 1. The summed E-state index contributed by atoms with van der Waals surface area (Å²) < 4.78 is 5.60. The zero-order valence-corrected chi connectivity index (χ0v) is 10.3. The van der Waals surface area contributed by atoms with Gasteiger partial charge in [-0.3, -0.25) is 0 Å². The lowest BCUT2D eigenvalue weighted by Crippen LogP contribution is -2.34. The van der Waals surface area contributed by atoms with E-state index in [9.17, 15) is 0 Å². The molecule has 2 rings (SSSR count). The van der Waals surface area contributed by atoms with Gasteiger partial charge in [0.1, 0.15) is 0 Å². The van der Waals surface area contributed by atoms with Gasteiger partial charge in [-0.25, -0.2) is 0 Å². The predicted octanol–water partition coefficient (Wildman–Crippen LogP) is 1.39. The Labute approximate surface area is 99.3 Å². The molecule has 0 bridgehead atoms. The Morgan fingerprint density at radius 3 is 2.62 bits per heavy atom. The van der Waals surface area contributed by atoms with Gasteiger partial charge >= 0.3 is 0 Å². The second kappa shape index (κ2) is 7.25. The first kappa shape index (κ1) is 12.3. The highest BCUT2D eigenvalue weighted by Gasteiger charge is 2.20. The van der Waals surface area contributed by atoms with Crippen molar-refractivity contribution in [3.05, 3.63) is 0 Å². The first-order valence-corrected chi connectivity index (χ1v) is 6.94. The molecule has 1 aliphatic carbocycles. The van der Waals surface area contributed by atoms with Crippen molar-refractivity contribution >= 4 is 0 Å². The van der Waals surface area contributed by atoms with E-state index in [1.165, 1.54) is 45.3 Å². The number of hydrogen-bond donors (Lipinski definition) is 2. The highest BCUT2D eigenvalue weighted by Crippen LogP contribution is 2.28. The molecule has 0 radical (unpaired) electrons. The van der Waals surface area contributed by atoms with Crippen LogP contribution in [0.2, 0.25) is 0 Å². The van der Waals surface area contributed by atoms with Crippen molar-refractivity contribution in [1.29, 1.82) is 0 Å². The molecule has 3 heteroatoms. The van der Waals surface area contributed by atoms with Crippen LogP contribution in [0.3, 0.4) is 0 Å². The van der Waals surface area contributed by atoms with Gasteiger partial charge in [-0.1, -0.05) is 0 Å². The van der Waals surface area contributed by atoms with Gasteiger partial charge < -0.3 is 15.4 Å². The molecule has 0 atom stereocenters. The van der Waals surface area contributed by atoms with Gasteiger partial charge in [-0.05, 0) is 70.1 Å². The van der Waals surface area contributed by atoms with Crippen molar-refractivity contribution in [3.8, 4) is 0 Å². The molecule has 3 nitrogen and oxygen atoms in total. The minimum atomic E-state index is 0.897. The number of hydrogen-bond acceptors (Lipinski definition) is 3. The summed E-state index contributed by atoms with van der Waals surface area (Å²) in [5.74, 6) is 1.80. The fourth-order valence-corrected chi connectivity index (χ4v) is 2.23. The second-order valence-electron chi connectivity index (χ2n) is 5.27. The summed E-state index contributed by atoms with van der Waals surface area (Å²) in [7, 11) is 0. The van der Waals surface area contributed by atoms with Crippen LogP contribution in [0.5, 0.6) is 0 Å². The van der Waals surface area contributed by atoms with Crippen LogP contribution in [-0.4, -0.2) is 39.4 Å². The molecule has 1 saturated heterocycles. The monoisotopic (exact) mass is 226 g/mol. The minimum absolute atomic E-state index is 0.897. The minimum Gasteiger partial charge on any atom is -0.381 e. The van der Waals surface area contributed by atoms with E-state index in [2.05, 4.69) is 10.6 Å². The Morgan fingerprint density at radius 2 is 1.88 bits per heavy atom. The fourth-order valence-electron chi connectivity index (χ4n) is 2.23. The summed E-state index contributed by atoms with van der Waals surface area (Å²) in [5.41, 5.74) is 0. The molecule has 0 aromatic carbocycles. The van der Waals surface area contributed by atoms with Crippen molar-refractivity contribution < 1.29 is 4.74 Å². The van der Waals surface area contributed by atoms with Gasteiger partial charge in [-0.15, -0.1) is 0 Å². The Morgan fingerprint density at radius 1 is 1.06 bits per heavy atom. The van der Waals surface area contributed by atoms with Crippen molar-refractivity contribution in [1.82, 2.24) is 10.6 Å². The van der Waals surface area contributed by atoms with Crippen molar-refractivity contribution in [2.75, 3.05) is 39.4 Å². The van der Waals surface area contributed by atoms with E-state index in [4.69, 9.17) is 4.74 Å². The Bertz CT molecular complexity index is 177. The van der Waals surface area contributed by atoms with E-state index in [0.717, 1.165) is 38.0 Å². The molecule has 16 heavy (non-hydrogen) atoms. The van der Waals surface area contributed by atoms with Crippen LogP contribution >= 0.6 is 0 Å². The maximum absolute atomic E-state index is 5.60. The van der Waals surface area contributed by atoms with Crippen LogP contribution in [-0.2, 0) is 4.74 Å². The predicted molar refractivity (Wildman–Crippen MR) is 66.6 cm³/mol. The molecule has 2 fully saturated rings. The van der Waals surface area contributed by atoms with Crippen LogP contribution in [0, 0.1) is 11.8 Å². The first-order chi connectivity index (χ1) is 7.95. The highest BCUT2D eigenvalue weighted by molar-refractivity contribution is 4.72. The quantitative estimate of drug-likeness (QED) is 0.614. The summed E-state index contributed by atoms with van der Waals surface area (Å²) in [6, 6.07) is 0. The third-order valence-electron chi connectivity index (χ3n) is 3.58.